The Labute approximate surface area is 123 Å². The zero-order chi connectivity index (χ0) is 13.9. The molecular formula is C16H19N3S. The maximum Gasteiger partial charge on any atom is 0.0622 e. The lowest BCUT2D eigenvalue weighted by Crippen LogP contribution is -2.21. The van der Waals surface area contributed by atoms with Crippen LogP contribution in [0.3, 0.4) is 0 Å². The summed E-state index contributed by atoms with van der Waals surface area (Å²) in [6.07, 6.45) is 4.11. The number of aryl methyl sites for hydroxylation is 1. The number of benzene rings is 1. The molecule has 1 N–H and O–H groups in total. The van der Waals surface area contributed by atoms with Crippen molar-refractivity contribution in [3.63, 3.8) is 0 Å². The molecular weight excluding hydrogens is 266 g/mol. The predicted octanol–water partition coefficient (Wildman–Crippen LogP) is 3.82. The minimum atomic E-state index is 0.219. The molecule has 4 heteroatoms. The van der Waals surface area contributed by atoms with Crippen LogP contribution < -0.4 is 5.32 Å². The van der Waals surface area contributed by atoms with Gasteiger partial charge in [0, 0.05) is 23.0 Å². The first-order chi connectivity index (χ1) is 9.83. The van der Waals surface area contributed by atoms with Crippen molar-refractivity contribution in [1.29, 1.82) is 0 Å². The van der Waals surface area contributed by atoms with Crippen molar-refractivity contribution in [2.45, 2.75) is 26.4 Å². The van der Waals surface area contributed by atoms with Crippen LogP contribution in [0.2, 0.25) is 0 Å². The summed E-state index contributed by atoms with van der Waals surface area (Å²) in [6.45, 7) is 6.10. The number of nitrogens with one attached hydrogen (secondary N) is 1. The van der Waals surface area contributed by atoms with E-state index in [-0.39, 0.29) is 6.04 Å². The Kier molecular flexibility index (Phi) is 3.85. The van der Waals surface area contributed by atoms with Gasteiger partial charge in [0.05, 0.1) is 12.2 Å². The first-order valence-corrected chi connectivity index (χ1v) is 7.93. The van der Waals surface area contributed by atoms with Crippen molar-refractivity contribution < 1.29 is 0 Å². The molecule has 0 fully saturated rings. The second-order valence-corrected chi connectivity index (χ2v) is 5.72. The quantitative estimate of drug-likeness (QED) is 0.772. The van der Waals surface area contributed by atoms with Crippen LogP contribution in [0.15, 0.2) is 42.0 Å². The van der Waals surface area contributed by atoms with Crippen molar-refractivity contribution >= 4 is 21.4 Å². The lowest BCUT2D eigenvalue weighted by molar-refractivity contribution is 0.629. The minimum Gasteiger partial charge on any atom is -0.306 e. The fourth-order valence-electron chi connectivity index (χ4n) is 2.53. The molecule has 1 aromatic carbocycles. The number of thiophene rings is 1. The van der Waals surface area contributed by atoms with E-state index in [0.29, 0.717) is 0 Å². The van der Waals surface area contributed by atoms with Crippen molar-refractivity contribution in [1.82, 2.24) is 15.1 Å². The van der Waals surface area contributed by atoms with Gasteiger partial charge in [0.1, 0.15) is 0 Å². The van der Waals surface area contributed by atoms with Gasteiger partial charge in [0.25, 0.3) is 0 Å². The third-order valence-electron chi connectivity index (χ3n) is 3.54. The molecule has 104 valence electrons. The van der Waals surface area contributed by atoms with Gasteiger partial charge in [-0.15, -0.1) is 11.3 Å². The van der Waals surface area contributed by atoms with E-state index >= 15 is 0 Å². The Morgan fingerprint density at radius 3 is 2.90 bits per heavy atom. The fraction of sp³-hybridized carbons (Fsp3) is 0.312. The molecule has 0 spiro atoms. The molecule has 0 saturated carbocycles. The van der Waals surface area contributed by atoms with Gasteiger partial charge in [-0.25, -0.2) is 0 Å². The molecule has 0 bridgehead atoms. The fourth-order valence-corrected chi connectivity index (χ4v) is 3.52. The van der Waals surface area contributed by atoms with Gasteiger partial charge in [-0.05, 0) is 35.9 Å². The van der Waals surface area contributed by atoms with Crippen LogP contribution in [0.25, 0.3) is 10.1 Å². The normalized spacial score (nSPS) is 12.9. The first kappa shape index (κ1) is 13.3. The van der Waals surface area contributed by atoms with Crippen LogP contribution in [0.5, 0.6) is 0 Å². The maximum absolute atomic E-state index is 4.41. The Hall–Kier alpha value is -1.65. The summed E-state index contributed by atoms with van der Waals surface area (Å²) in [7, 11) is 0. The highest BCUT2D eigenvalue weighted by Gasteiger charge is 2.18. The van der Waals surface area contributed by atoms with Crippen LogP contribution in [-0.4, -0.2) is 16.3 Å². The van der Waals surface area contributed by atoms with Gasteiger partial charge in [0.2, 0.25) is 0 Å². The summed E-state index contributed by atoms with van der Waals surface area (Å²) in [5, 5.41) is 11.6. The van der Waals surface area contributed by atoms with Gasteiger partial charge < -0.3 is 5.32 Å². The lowest BCUT2D eigenvalue weighted by atomic mass is 10.0. The maximum atomic E-state index is 4.41. The molecule has 0 saturated heterocycles. The number of aromatic nitrogens is 2. The third-order valence-corrected chi connectivity index (χ3v) is 4.52. The Balaban J connectivity index is 2.05. The molecule has 0 aliphatic carbocycles. The summed E-state index contributed by atoms with van der Waals surface area (Å²) in [6, 6.07) is 8.81. The molecule has 0 radical (unpaired) electrons. The molecule has 2 heterocycles. The molecule has 1 unspecified atom stereocenters. The summed E-state index contributed by atoms with van der Waals surface area (Å²) in [4.78, 5) is 0. The summed E-state index contributed by atoms with van der Waals surface area (Å²) < 4.78 is 3.32. The Bertz CT molecular complexity index is 698. The number of nitrogens with zero attached hydrogens (tertiary/aromatic N) is 2. The Morgan fingerprint density at radius 2 is 2.15 bits per heavy atom. The number of hydrogen-bond acceptors (Lipinski definition) is 3. The zero-order valence-electron chi connectivity index (χ0n) is 11.8. The van der Waals surface area contributed by atoms with E-state index in [9.17, 15) is 0 Å². The summed E-state index contributed by atoms with van der Waals surface area (Å²) in [5.74, 6) is 0. The molecule has 2 aromatic heterocycles. The number of rotatable bonds is 5. The monoisotopic (exact) mass is 285 g/mol. The van der Waals surface area contributed by atoms with Crippen molar-refractivity contribution in [2.24, 2.45) is 0 Å². The van der Waals surface area contributed by atoms with E-state index in [0.717, 1.165) is 13.1 Å². The van der Waals surface area contributed by atoms with Gasteiger partial charge in [-0.2, -0.15) is 5.10 Å². The SMILES string of the molecule is CCNC(c1cnn(CC)c1)c1csc2ccccc12. The molecule has 3 nitrogen and oxygen atoms in total. The van der Waals surface area contributed by atoms with Crippen LogP contribution >= 0.6 is 11.3 Å². The van der Waals surface area contributed by atoms with E-state index < -0.39 is 0 Å². The van der Waals surface area contributed by atoms with E-state index in [1.807, 2.05) is 22.2 Å². The molecule has 3 rings (SSSR count). The van der Waals surface area contributed by atoms with Gasteiger partial charge >= 0.3 is 0 Å². The third kappa shape index (κ3) is 2.37. The average molecular weight is 285 g/mol. The highest BCUT2D eigenvalue weighted by atomic mass is 32.1. The minimum absolute atomic E-state index is 0.219. The smallest absolute Gasteiger partial charge is 0.0622 e. The van der Waals surface area contributed by atoms with Crippen LogP contribution in [0.1, 0.15) is 31.0 Å². The van der Waals surface area contributed by atoms with Crippen LogP contribution in [-0.2, 0) is 6.54 Å². The molecule has 3 aromatic rings. The Morgan fingerprint density at radius 1 is 1.30 bits per heavy atom. The van der Waals surface area contributed by atoms with Crippen molar-refractivity contribution in [3.05, 3.63) is 53.2 Å². The molecule has 0 amide bonds. The summed E-state index contributed by atoms with van der Waals surface area (Å²) in [5.41, 5.74) is 2.58. The van der Waals surface area contributed by atoms with Crippen molar-refractivity contribution in [3.8, 4) is 0 Å². The highest BCUT2D eigenvalue weighted by molar-refractivity contribution is 7.17. The van der Waals surface area contributed by atoms with Gasteiger partial charge in [-0.1, -0.05) is 25.1 Å². The zero-order valence-corrected chi connectivity index (χ0v) is 12.7. The second-order valence-electron chi connectivity index (χ2n) is 4.81. The lowest BCUT2D eigenvalue weighted by Gasteiger charge is -2.16. The van der Waals surface area contributed by atoms with E-state index in [4.69, 9.17) is 0 Å². The van der Waals surface area contributed by atoms with Crippen LogP contribution in [0.4, 0.5) is 0 Å². The van der Waals surface area contributed by atoms with Gasteiger partial charge in [0.15, 0.2) is 0 Å². The van der Waals surface area contributed by atoms with E-state index in [2.05, 4.69) is 60.1 Å². The van der Waals surface area contributed by atoms with Gasteiger partial charge in [-0.3, -0.25) is 4.68 Å². The van der Waals surface area contributed by atoms with Crippen LogP contribution in [0, 0.1) is 0 Å². The van der Waals surface area contributed by atoms with Crippen molar-refractivity contribution in [2.75, 3.05) is 6.54 Å². The molecule has 1 atom stereocenters. The average Bonchev–Trinajstić information content (AvgIpc) is 3.12. The molecule has 20 heavy (non-hydrogen) atoms. The van der Waals surface area contributed by atoms with E-state index in [1.165, 1.54) is 21.2 Å². The number of fused-ring (bicyclic) bond motifs is 1. The topological polar surface area (TPSA) is 29.9 Å². The predicted molar refractivity (Wildman–Crippen MR) is 85.2 cm³/mol. The largest absolute Gasteiger partial charge is 0.306 e. The number of hydrogen-bond donors (Lipinski definition) is 1. The standard InChI is InChI=1S/C16H19N3S/c1-3-17-16(12-9-18-19(4-2)10-12)14-11-20-15-8-6-5-7-13(14)15/h5-11,16-17H,3-4H2,1-2H3. The second kappa shape index (κ2) is 5.77. The van der Waals surface area contributed by atoms with E-state index in [1.54, 1.807) is 0 Å². The first-order valence-electron chi connectivity index (χ1n) is 7.05. The summed E-state index contributed by atoms with van der Waals surface area (Å²) >= 11 is 1.81. The molecule has 0 aliphatic heterocycles. The molecule has 0 aliphatic rings. The highest BCUT2D eigenvalue weighted by Crippen LogP contribution is 2.33.